The van der Waals surface area contributed by atoms with Crippen molar-refractivity contribution in [3.63, 3.8) is 0 Å². The zero-order chi connectivity index (χ0) is 19.6. The number of thioether (sulfide) groups is 1. The van der Waals surface area contributed by atoms with Gasteiger partial charge in [-0.15, -0.1) is 0 Å². The number of carboxylic acid groups (broad SMARTS) is 1. The molecule has 1 N–H and O–H groups in total. The van der Waals surface area contributed by atoms with E-state index < -0.39 is 27.4 Å². The average Bonchev–Trinajstić information content (AvgIpc) is 2.90. The maximum atomic E-state index is 12.5. The highest BCUT2D eigenvalue weighted by atomic mass is 32.2. The Morgan fingerprint density at radius 3 is 2.44 bits per heavy atom. The van der Waals surface area contributed by atoms with Crippen molar-refractivity contribution < 1.29 is 24.4 Å². The molecular formula is C17H12N3O6S-. The van der Waals surface area contributed by atoms with E-state index >= 15 is 0 Å². The fourth-order valence-electron chi connectivity index (χ4n) is 2.51. The van der Waals surface area contributed by atoms with Gasteiger partial charge in [-0.1, -0.05) is 30.3 Å². The van der Waals surface area contributed by atoms with Crippen LogP contribution in [-0.2, 0) is 11.3 Å². The lowest BCUT2D eigenvalue weighted by Gasteiger charge is -2.17. The molecule has 0 radical (unpaired) electrons. The van der Waals surface area contributed by atoms with Gasteiger partial charge in [-0.05, 0) is 23.4 Å². The number of anilines is 1. The quantitative estimate of drug-likeness (QED) is 0.584. The van der Waals surface area contributed by atoms with E-state index in [1.165, 1.54) is 42.5 Å². The van der Waals surface area contributed by atoms with Crippen LogP contribution in [0.15, 0.2) is 48.5 Å². The monoisotopic (exact) mass is 386 g/mol. The van der Waals surface area contributed by atoms with Crippen molar-refractivity contribution in [1.82, 2.24) is 4.90 Å². The molecule has 1 aliphatic heterocycles. The molecule has 1 aliphatic rings. The molecule has 9 nitrogen and oxygen atoms in total. The third-order valence-electron chi connectivity index (χ3n) is 3.85. The number of para-hydroxylation sites is 1. The number of carboxylic acids is 1. The van der Waals surface area contributed by atoms with Crippen LogP contribution in [0.25, 0.3) is 0 Å². The summed E-state index contributed by atoms with van der Waals surface area (Å²) in [5.41, 5.74) is 0.518. The number of nitro groups is 1. The third kappa shape index (κ3) is 3.90. The van der Waals surface area contributed by atoms with Crippen LogP contribution in [0, 0.1) is 10.1 Å². The number of nitro benzene ring substituents is 1. The van der Waals surface area contributed by atoms with Gasteiger partial charge in [0.25, 0.3) is 16.8 Å². The van der Waals surface area contributed by atoms with Gasteiger partial charge in [0, 0.05) is 23.4 Å². The number of rotatable bonds is 6. The van der Waals surface area contributed by atoms with E-state index in [9.17, 15) is 29.6 Å². The number of hydrogen-bond donors (Lipinski definition) is 1. The van der Waals surface area contributed by atoms with Gasteiger partial charge in [-0.25, -0.2) is 0 Å². The van der Waals surface area contributed by atoms with Gasteiger partial charge in [0.15, 0.2) is 5.37 Å². The Morgan fingerprint density at radius 1 is 1.15 bits per heavy atom. The topological polar surface area (TPSA) is 133 Å². The number of amides is 2. The van der Waals surface area contributed by atoms with E-state index in [1.54, 1.807) is 6.07 Å². The van der Waals surface area contributed by atoms with Crippen LogP contribution in [0.5, 0.6) is 0 Å². The first-order valence-electron chi connectivity index (χ1n) is 7.69. The number of benzene rings is 2. The Hall–Kier alpha value is -3.40. The molecule has 2 amide bonds. The highest BCUT2D eigenvalue weighted by Crippen LogP contribution is 2.30. The van der Waals surface area contributed by atoms with Crippen molar-refractivity contribution >= 4 is 40.3 Å². The molecule has 0 spiro atoms. The molecule has 0 aromatic heterocycles. The first-order valence-corrected chi connectivity index (χ1v) is 8.57. The minimum absolute atomic E-state index is 0.0387. The second kappa shape index (κ2) is 7.46. The summed E-state index contributed by atoms with van der Waals surface area (Å²) in [6, 6.07) is 11.4. The molecule has 2 aromatic rings. The van der Waals surface area contributed by atoms with E-state index in [0.29, 0.717) is 5.56 Å². The third-order valence-corrected chi connectivity index (χ3v) is 4.83. The second-order valence-corrected chi connectivity index (χ2v) is 6.65. The number of carbonyl (C=O) groups is 3. The maximum Gasteiger partial charge on any atom is 0.291 e. The smallest absolute Gasteiger partial charge is 0.291 e. The summed E-state index contributed by atoms with van der Waals surface area (Å²) in [7, 11) is 0. The van der Waals surface area contributed by atoms with Crippen LogP contribution in [0.4, 0.5) is 16.2 Å². The van der Waals surface area contributed by atoms with Gasteiger partial charge < -0.3 is 15.2 Å². The molecule has 1 fully saturated rings. The first kappa shape index (κ1) is 18.4. The largest absolute Gasteiger partial charge is 0.545 e. The maximum absolute atomic E-state index is 12.5. The molecule has 0 bridgehead atoms. The van der Waals surface area contributed by atoms with Crippen molar-refractivity contribution in [2.45, 2.75) is 11.9 Å². The molecular weight excluding hydrogens is 374 g/mol. The Balaban J connectivity index is 1.73. The van der Waals surface area contributed by atoms with Crippen LogP contribution in [0.1, 0.15) is 15.9 Å². The van der Waals surface area contributed by atoms with E-state index in [-0.39, 0.29) is 23.5 Å². The van der Waals surface area contributed by atoms with E-state index in [1.807, 2.05) is 0 Å². The van der Waals surface area contributed by atoms with Gasteiger partial charge in [-0.3, -0.25) is 24.6 Å². The highest BCUT2D eigenvalue weighted by Gasteiger charge is 2.39. The van der Waals surface area contributed by atoms with E-state index in [2.05, 4.69) is 5.32 Å². The molecule has 0 saturated carbocycles. The summed E-state index contributed by atoms with van der Waals surface area (Å²) in [5.74, 6) is -1.93. The number of non-ortho nitro benzene ring substituents is 1. The average molecular weight is 386 g/mol. The van der Waals surface area contributed by atoms with Crippen LogP contribution >= 0.6 is 11.8 Å². The van der Waals surface area contributed by atoms with Crippen LogP contribution in [0.2, 0.25) is 0 Å². The molecule has 1 atom stereocenters. The summed E-state index contributed by atoms with van der Waals surface area (Å²) in [6.07, 6.45) is 0. The molecule has 0 aliphatic carbocycles. The van der Waals surface area contributed by atoms with Crippen LogP contribution in [0.3, 0.4) is 0 Å². The lowest BCUT2D eigenvalue weighted by atomic mass is 10.2. The summed E-state index contributed by atoms with van der Waals surface area (Å²) < 4.78 is 0. The Bertz CT molecular complexity index is 931. The van der Waals surface area contributed by atoms with E-state index in [0.717, 1.165) is 16.7 Å². The first-order chi connectivity index (χ1) is 12.9. The van der Waals surface area contributed by atoms with Gasteiger partial charge in [0.2, 0.25) is 0 Å². The number of carbonyl (C=O) groups excluding carboxylic acids is 3. The zero-order valence-corrected chi connectivity index (χ0v) is 14.5. The molecule has 10 heteroatoms. The highest BCUT2D eigenvalue weighted by molar-refractivity contribution is 8.15. The van der Waals surface area contributed by atoms with Crippen molar-refractivity contribution in [2.24, 2.45) is 0 Å². The molecule has 1 saturated heterocycles. The molecule has 2 aromatic carbocycles. The minimum Gasteiger partial charge on any atom is -0.545 e. The fraction of sp³-hybridized carbons (Fsp3) is 0.118. The van der Waals surface area contributed by atoms with Gasteiger partial charge in [-0.2, -0.15) is 0 Å². The van der Waals surface area contributed by atoms with E-state index in [4.69, 9.17) is 0 Å². The summed E-state index contributed by atoms with van der Waals surface area (Å²) >= 11 is 0.729. The normalized spacial score (nSPS) is 16.4. The number of nitrogens with one attached hydrogen (secondary N) is 1. The van der Waals surface area contributed by atoms with Crippen molar-refractivity contribution in [2.75, 3.05) is 5.32 Å². The lowest BCUT2D eigenvalue weighted by molar-refractivity contribution is -0.384. The predicted octanol–water partition coefficient (Wildman–Crippen LogP) is 1.59. The molecule has 1 heterocycles. The number of aromatic carboxylic acids is 1. The lowest BCUT2D eigenvalue weighted by Crippen LogP contribution is -2.34. The SMILES string of the molecule is O=C([O-])c1ccccc1N[C@@H]1SC(=O)N(Cc2ccc([N+](=O)[O-])cc2)C1=O. The fourth-order valence-corrected chi connectivity index (χ4v) is 3.41. The summed E-state index contributed by atoms with van der Waals surface area (Å²) in [4.78, 5) is 47.0. The van der Waals surface area contributed by atoms with Crippen LogP contribution in [-0.4, -0.2) is 32.3 Å². The molecule has 27 heavy (non-hydrogen) atoms. The Kier molecular flexibility index (Phi) is 5.08. The van der Waals surface area contributed by atoms with Crippen molar-refractivity contribution in [3.8, 4) is 0 Å². The van der Waals surface area contributed by atoms with Crippen molar-refractivity contribution in [1.29, 1.82) is 0 Å². The summed E-state index contributed by atoms with van der Waals surface area (Å²) in [5, 5.41) is 23.1. The zero-order valence-electron chi connectivity index (χ0n) is 13.7. The van der Waals surface area contributed by atoms with Crippen LogP contribution < -0.4 is 10.4 Å². The molecule has 3 rings (SSSR count). The standard InChI is InChI=1S/C17H13N3O6S/c21-15-14(18-13-4-2-1-3-12(13)16(22)23)27-17(24)19(15)9-10-5-7-11(8-6-10)20(25)26/h1-8,14,18H,9H2,(H,22,23)/p-1/t14-/m1/s1. The Morgan fingerprint density at radius 2 is 1.81 bits per heavy atom. The molecule has 0 unspecified atom stereocenters. The van der Waals surface area contributed by atoms with Gasteiger partial charge in [0.1, 0.15) is 0 Å². The predicted molar refractivity (Wildman–Crippen MR) is 94.8 cm³/mol. The Labute approximate surface area is 157 Å². The van der Waals surface area contributed by atoms with Gasteiger partial charge in [0.05, 0.1) is 17.4 Å². The molecule has 138 valence electrons. The minimum atomic E-state index is -1.40. The number of imide groups is 1. The van der Waals surface area contributed by atoms with Crippen molar-refractivity contribution in [3.05, 3.63) is 69.8 Å². The second-order valence-electron chi connectivity index (χ2n) is 5.59. The summed E-state index contributed by atoms with van der Waals surface area (Å²) in [6.45, 7) is -0.0387. The van der Waals surface area contributed by atoms with Gasteiger partial charge >= 0.3 is 0 Å². The number of hydrogen-bond acceptors (Lipinski definition) is 8. The number of nitrogens with zero attached hydrogens (tertiary/aromatic N) is 2.